The lowest BCUT2D eigenvalue weighted by Crippen LogP contribution is -2.42. The second kappa shape index (κ2) is 12.3. The van der Waals surface area contributed by atoms with E-state index in [1.165, 1.54) is 24.5 Å². The number of hydrogen-bond donors (Lipinski definition) is 3. The lowest BCUT2D eigenvalue weighted by Gasteiger charge is -2.33. The molecule has 3 N–H and O–H groups in total. The van der Waals surface area contributed by atoms with Gasteiger partial charge in [-0.15, -0.1) is 0 Å². The van der Waals surface area contributed by atoms with Crippen molar-refractivity contribution in [2.24, 2.45) is 5.92 Å². The number of aromatic nitrogens is 2. The molecule has 2 amide bonds. The summed E-state index contributed by atoms with van der Waals surface area (Å²) in [6.45, 7) is 13.5. The summed E-state index contributed by atoms with van der Waals surface area (Å²) in [7, 11) is 0. The molecule has 0 radical (unpaired) electrons. The third kappa shape index (κ3) is 7.54. The van der Waals surface area contributed by atoms with E-state index in [4.69, 9.17) is 10.1 Å². The zero-order valence-corrected chi connectivity index (χ0v) is 25.3. The predicted molar refractivity (Wildman–Crippen MR) is 164 cm³/mol. The molecule has 4 rings (SSSR count). The van der Waals surface area contributed by atoms with Crippen molar-refractivity contribution in [1.29, 1.82) is 5.41 Å². The van der Waals surface area contributed by atoms with E-state index in [2.05, 4.69) is 15.7 Å². The Morgan fingerprint density at radius 1 is 1.07 bits per heavy atom. The van der Waals surface area contributed by atoms with E-state index in [9.17, 15) is 14.0 Å². The van der Waals surface area contributed by atoms with Crippen LogP contribution in [0.2, 0.25) is 0 Å². The summed E-state index contributed by atoms with van der Waals surface area (Å²) >= 11 is 0. The SMILES string of the molecule is CC(C)(C)OC(=O)N1CCC(CNc2cc(NC(=O)c3cnn(C(C)(C)C)c3-c3ccc(F)cc3)ccc2C=N)CC1. The first-order valence-corrected chi connectivity index (χ1v) is 14.3. The summed E-state index contributed by atoms with van der Waals surface area (Å²) < 4.78 is 20.9. The molecule has 10 heteroatoms. The van der Waals surface area contributed by atoms with Crippen molar-refractivity contribution >= 4 is 29.6 Å². The van der Waals surface area contributed by atoms with Crippen molar-refractivity contribution in [2.45, 2.75) is 65.5 Å². The Morgan fingerprint density at radius 3 is 2.33 bits per heavy atom. The van der Waals surface area contributed by atoms with E-state index in [1.807, 2.05) is 47.6 Å². The number of nitrogens with zero attached hydrogens (tertiary/aromatic N) is 3. The van der Waals surface area contributed by atoms with Crippen molar-refractivity contribution < 1.29 is 18.7 Å². The number of carbonyl (C=O) groups excluding carboxylic acids is 2. The summed E-state index contributed by atoms with van der Waals surface area (Å²) in [5.74, 6) is -0.346. The number of piperidine rings is 1. The number of anilines is 2. The van der Waals surface area contributed by atoms with Gasteiger partial charge in [-0.25, -0.2) is 9.18 Å². The van der Waals surface area contributed by atoms with Crippen molar-refractivity contribution in [3.63, 3.8) is 0 Å². The molecule has 9 nitrogen and oxygen atoms in total. The Balaban J connectivity index is 1.46. The lowest BCUT2D eigenvalue weighted by atomic mass is 9.96. The van der Waals surface area contributed by atoms with E-state index in [1.54, 1.807) is 33.8 Å². The molecule has 0 spiro atoms. The first kappa shape index (κ1) is 30.7. The monoisotopic (exact) mass is 576 g/mol. The molecule has 1 saturated heterocycles. The Bertz CT molecular complexity index is 1430. The highest BCUT2D eigenvalue weighted by Gasteiger charge is 2.28. The van der Waals surface area contributed by atoms with Crippen LogP contribution in [0, 0.1) is 17.1 Å². The smallest absolute Gasteiger partial charge is 0.410 e. The number of benzene rings is 2. The molecule has 0 unspecified atom stereocenters. The number of nitrogens with one attached hydrogen (secondary N) is 3. The first-order chi connectivity index (χ1) is 19.7. The average molecular weight is 577 g/mol. The first-order valence-electron chi connectivity index (χ1n) is 14.3. The number of amides is 2. The van der Waals surface area contributed by atoms with Crippen LogP contribution in [0.4, 0.5) is 20.6 Å². The van der Waals surface area contributed by atoms with Crippen LogP contribution >= 0.6 is 0 Å². The third-order valence-corrected chi connectivity index (χ3v) is 7.08. The largest absolute Gasteiger partial charge is 0.444 e. The quantitative estimate of drug-likeness (QED) is 0.269. The van der Waals surface area contributed by atoms with Gasteiger partial charge in [-0.05, 0) is 103 Å². The molecular formula is C32H41FN6O3. The highest BCUT2D eigenvalue weighted by Crippen LogP contribution is 2.30. The molecule has 0 saturated carbocycles. The maximum atomic E-state index is 13.6. The predicted octanol–water partition coefficient (Wildman–Crippen LogP) is 6.75. The summed E-state index contributed by atoms with van der Waals surface area (Å²) in [4.78, 5) is 27.7. The van der Waals surface area contributed by atoms with Crippen molar-refractivity contribution in [1.82, 2.24) is 14.7 Å². The molecule has 2 heterocycles. The van der Waals surface area contributed by atoms with Crippen LogP contribution in [0.5, 0.6) is 0 Å². The van der Waals surface area contributed by atoms with Crippen molar-refractivity contribution in [3.05, 3.63) is 65.6 Å². The zero-order chi connectivity index (χ0) is 30.7. The van der Waals surface area contributed by atoms with Crippen LogP contribution in [0.3, 0.4) is 0 Å². The van der Waals surface area contributed by atoms with E-state index in [0.717, 1.165) is 18.5 Å². The number of likely N-dealkylation sites (tertiary alicyclic amines) is 1. The molecule has 224 valence electrons. The van der Waals surface area contributed by atoms with E-state index in [-0.39, 0.29) is 17.8 Å². The van der Waals surface area contributed by atoms with Crippen molar-refractivity contribution in [3.8, 4) is 11.3 Å². The molecule has 2 aromatic carbocycles. The maximum Gasteiger partial charge on any atom is 0.410 e. The number of carbonyl (C=O) groups is 2. The molecular weight excluding hydrogens is 535 g/mol. The minimum atomic E-state index is -0.519. The van der Waals surface area contributed by atoms with Gasteiger partial charge in [0.2, 0.25) is 0 Å². The fourth-order valence-corrected chi connectivity index (χ4v) is 4.92. The summed E-state index contributed by atoms with van der Waals surface area (Å²) in [5.41, 5.74) is 2.75. The van der Waals surface area contributed by atoms with Crippen LogP contribution in [0.25, 0.3) is 11.3 Å². The van der Waals surface area contributed by atoms with Crippen LogP contribution in [-0.2, 0) is 10.3 Å². The molecule has 1 aromatic heterocycles. The van der Waals surface area contributed by atoms with Gasteiger partial charge >= 0.3 is 6.09 Å². The van der Waals surface area contributed by atoms with E-state index < -0.39 is 11.1 Å². The fourth-order valence-electron chi connectivity index (χ4n) is 4.92. The Labute approximate surface area is 246 Å². The van der Waals surface area contributed by atoms with Crippen LogP contribution in [0.15, 0.2) is 48.7 Å². The fraction of sp³-hybridized carbons (Fsp3) is 0.438. The second-order valence-electron chi connectivity index (χ2n) is 12.7. The summed E-state index contributed by atoms with van der Waals surface area (Å²) in [6, 6.07) is 11.4. The molecule has 0 atom stereocenters. The van der Waals surface area contributed by atoms with Gasteiger partial charge in [-0.2, -0.15) is 5.10 Å². The Morgan fingerprint density at radius 2 is 1.74 bits per heavy atom. The topological polar surface area (TPSA) is 112 Å². The van der Waals surface area contributed by atoms with Crippen LogP contribution < -0.4 is 10.6 Å². The van der Waals surface area contributed by atoms with Gasteiger partial charge in [-0.3, -0.25) is 9.48 Å². The van der Waals surface area contributed by atoms with Crippen LogP contribution in [-0.4, -0.2) is 58.1 Å². The van der Waals surface area contributed by atoms with Gasteiger partial charge in [0.1, 0.15) is 11.4 Å². The number of ether oxygens (including phenoxy) is 1. The van der Waals surface area contributed by atoms with E-state index >= 15 is 0 Å². The number of halogens is 1. The van der Waals surface area contributed by atoms with Gasteiger partial charge in [0, 0.05) is 48.4 Å². The maximum absolute atomic E-state index is 13.6. The number of rotatable bonds is 7. The molecule has 42 heavy (non-hydrogen) atoms. The normalized spacial score (nSPS) is 14.4. The summed E-state index contributed by atoms with van der Waals surface area (Å²) in [5, 5.41) is 18.8. The second-order valence-corrected chi connectivity index (χ2v) is 12.7. The van der Waals surface area contributed by atoms with Gasteiger partial charge < -0.3 is 25.7 Å². The minimum absolute atomic E-state index is 0.279. The highest BCUT2D eigenvalue weighted by molar-refractivity contribution is 6.08. The molecule has 3 aromatic rings. The van der Waals surface area contributed by atoms with Gasteiger partial charge in [0.05, 0.1) is 23.0 Å². The molecule has 1 aliphatic heterocycles. The van der Waals surface area contributed by atoms with Gasteiger partial charge in [0.15, 0.2) is 0 Å². The third-order valence-electron chi connectivity index (χ3n) is 7.08. The Kier molecular flexibility index (Phi) is 9.03. The van der Waals surface area contributed by atoms with Crippen LogP contribution in [0.1, 0.15) is 70.3 Å². The van der Waals surface area contributed by atoms with E-state index in [0.29, 0.717) is 53.6 Å². The molecule has 0 aliphatic carbocycles. The van der Waals surface area contributed by atoms with Crippen molar-refractivity contribution in [2.75, 3.05) is 30.3 Å². The molecule has 1 aliphatic rings. The van der Waals surface area contributed by atoms with Gasteiger partial charge in [-0.1, -0.05) is 0 Å². The summed E-state index contributed by atoms with van der Waals surface area (Å²) in [6.07, 6.45) is 4.21. The average Bonchev–Trinajstić information content (AvgIpc) is 3.38. The number of hydrogen-bond acceptors (Lipinski definition) is 6. The van der Waals surface area contributed by atoms with Gasteiger partial charge in [0.25, 0.3) is 5.91 Å². The molecule has 1 fully saturated rings. The highest BCUT2D eigenvalue weighted by atomic mass is 19.1. The molecule has 0 bridgehead atoms. The standard InChI is InChI=1S/C32H41FN6O3/c1-31(2,3)39-28(22-7-10-24(33)11-8-22)26(20-36-39)29(40)37-25-12-9-23(18-34)27(17-25)35-19-21-13-15-38(16-14-21)30(41)42-32(4,5)6/h7-12,17-18,20-21,34-35H,13-16,19H2,1-6H3,(H,37,40). The zero-order valence-electron chi connectivity index (χ0n) is 25.3. The minimum Gasteiger partial charge on any atom is -0.444 e. The Hall–Kier alpha value is -4.21. The lowest BCUT2D eigenvalue weighted by molar-refractivity contribution is 0.0188.